The summed E-state index contributed by atoms with van der Waals surface area (Å²) in [6, 6.07) is 0. The van der Waals surface area contributed by atoms with Crippen LogP contribution in [0, 0.1) is 11.3 Å². The molecule has 1 aliphatic carbocycles. The first-order valence-electron chi connectivity index (χ1n) is 7.00. The van der Waals surface area contributed by atoms with Crippen LogP contribution in [0.3, 0.4) is 0 Å². The van der Waals surface area contributed by atoms with E-state index in [0.717, 1.165) is 12.8 Å². The van der Waals surface area contributed by atoms with Gasteiger partial charge >= 0.3 is 0 Å². The molecule has 5 nitrogen and oxygen atoms in total. The molecular weight excluding hydrogens is 264 g/mol. The second-order valence-corrected chi connectivity index (χ2v) is 8.54. The molecule has 0 aromatic rings. The first kappa shape index (κ1) is 16.9. The summed E-state index contributed by atoms with van der Waals surface area (Å²) in [7, 11) is -3.50. The summed E-state index contributed by atoms with van der Waals surface area (Å²) in [6.07, 6.45) is 3.13. The highest BCUT2D eigenvalue weighted by atomic mass is 32.2. The molecule has 0 heterocycles. The number of rotatable bonds is 6. The molecule has 19 heavy (non-hydrogen) atoms. The minimum absolute atomic E-state index is 0.0938. The van der Waals surface area contributed by atoms with E-state index in [-0.39, 0.29) is 17.9 Å². The van der Waals surface area contributed by atoms with Crippen molar-refractivity contribution in [3.8, 4) is 0 Å². The summed E-state index contributed by atoms with van der Waals surface area (Å²) in [6.45, 7) is 8.75. The molecule has 0 aromatic heterocycles. The molecule has 0 saturated heterocycles. The first-order chi connectivity index (χ1) is 8.54. The van der Waals surface area contributed by atoms with Crippen molar-refractivity contribution in [1.29, 1.82) is 0 Å². The lowest BCUT2D eigenvalue weighted by Gasteiger charge is -2.40. The average Bonchev–Trinajstić information content (AvgIpc) is 2.29. The van der Waals surface area contributed by atoms with Crippen LogP contribution in [0.5, 0.6) is 0 Å². The van der Waals surface area contributed by atoms with E-state index in [1.54, 1.807) is 0 Å². The fraction of sp³-hybridized carbons (Fsp3) is 1.00. The van der Waals surface area contributed by atoms with Crippen molar-refractivity contribution >= 4 is 10.2 Å². The van der Waals surface area contributed by atoms with E-state index in [4.69, 9.17) is 0 Å². The molecule has 1 fully saturated rings. The summed E-state index contributed by atoms with van der Waals surface area (Å²) in [5.74, 6) is 0.259. The first-order valence-corrected chi connectivity index (χ1v) is 8.49. The molecule has 0 amide bonds. The number of hydrogen-bond donors (Lipinski definition) is 3. The van der Waals surface area contributed by atoms with Gasteiger partial charge in [-0.2, -0.15) is 13.1 Å². The molecule has 0 aromatic carbocycles. The molecule has 0 radical (unpaired) electrons. The summed E-state index contributed by atoms with van der Waals surface area (Å²) in [5, 5.41) is 10.4. The summed E-state index contributed by atoms with van der Waals surface area (Å²) in [4.78, 5) is 0. The van der Waals surface area contributed by atoms with Crippen molar-refractivity contribution in [2.75, 3.05) is 13.1 Å². The van der Waals surface area contributed by atoms with Crippen LogP contribution in [0.25, 0.3) is 0 Å². The predicted molar refractivity (Wildman–Crippen MR) is 77.0 cm³/mol. The Bertz CT molecular complexity index is 381. The maximum absolute atomic E-state index is 11.7. The van der Waals surface area contributed by atoms with Gasteiger partial charge in [-0.1, -0.05) is 27.7 Å². The third kappa shape index (κ3) is 6.21. The van der Waals surface area contributed by atoms with E-state index in [2.05, 4.69) is 23.3 Å². The third-order valence-electron chi connectivity index (χ3n) is 3.81. The lowest BCUT2D eigenvalue weighted by molar-refractivity contribution is -0.0206. The minimum atomic E-state index is -3.50. The zero-order chi connectivity index (χ0) is 14.7. The number of hydrogen-bond acceptors (Lipinski definition) is 3. The Labute approximate surface area is 117 Å². The van der Waals surface area contributed by atoms with Gasteiger partial charge in [0, 0.05) is 13.1 Å². The Balaban J connectivity index is 2.43. The molecule has 0 bridgehead atoms. The van der Waals surface area contributed by atoms with Crippen LogP contribution < -0.4 is 9.44 Å². The molecule has 0 spiro atoms. The third-order valence-corrected chi connectivity index (χ3v) is 4.88. The molecule has 0 atom stereocenters. The van der Waals surface area contributed by atoms with Crippen molar-refractivity contribution in [1.82, 2.24) is 9.44 Å². The highest BCUT2D eigenvalue weighted by molar-refractivity contribution is 7.87. The van der Waals surface area contributed by atoms with Crippen molar-refractivity contribution < 1.29 is 13.5 Å². The Hall–Kier alpha value is -0.170. The zero-order valence-electron chi connectivity index (χ0n) is 12.5. The van der Waals surface area contributed by atoms with Gasteiger partial charge in [0.15, 0.2) is 0 Å². The van der Waals surface area contributed by atoms with Crippen LogP contribution in [0.1, 0.15) is 53.4 Å². The van der Waals surface area contributed by atoms with Gasteiger partial charge in [-0.15, -0.1) is 0 Å². The standard InChI is InChI=1S/C13H28N2O3S/c1-11(2)9-14-19(17,18)15-10-13(16)7-5-12(3,4)6-8-13/h11,14-16H,5-10H2,1-4H3. The maximum atomic E-state index is 11.7. The minimum Gasteiger partial charge on any atom is -0.389 e. The van der Waals surface area contributed by atoms with Crippen LogP contribution in [0.4, 0.5) is 0 Å². The van der Waals surface area contributed by atoms with Gasteiger partial charge in [0.1, 0.15) is 0 Å². The summed E-state index contributed by atoms with van der Waals surface area (Å²) in [5.41, 5.74) is -0.650. The lowest BCUT2D eigenvalue weighted by atomic mass is 9.71. The normalized spacial score (nSPS) is 22.6. The van der Waals surface area contributed by atoms with Gasteiger partial charge in [-0.05, 0) is 37.0 Å². The van der Waals surface area contributed by atoms with E-state index in [9.17, 15) is 13.5 Å². The fourth-order valence-electron chi connectivity index (χ4n) is 2.13. The largest absolute Gasteiger partial charge is 0.389 e. The predicted octanol–water partition coefficient (Wildman–Crippen LogP) is 1.40. The Kier molecular flexibility index (Phi) is 5.40. The second kappa shape index (κ2) is 6.08. The molecule has 1 rings (SSSR count). The average molecular weight is 292 g/mol. The topological polar surface area (TPSA) is 78.4 Å². The Morgan fingerprint density at radius 2 is 1.63 bits per heavy atom. The molecule has 6 heteroatoms. The van der Waals surface area contributed by atoms with Gasteiger partial charge in [-0.3, -0.25) is 0 Å². The van der Waals surface area contributed by atoms with E-state index < -0.39 is 15.8 Å². The maximum Gasteiger partial charge on any atom is 0.277 e. The van der Waals surface area contributed by atoms with Gasteiger partial charge in [-0.25, -0.2) is 4.72 Å². The van der Waals surface area contributed by atoms with Crippen LogP contribution >= 0.6 is 0 Å². The van der Waals surface area contributed by atoms with Gasteiger partial charge in [0.25, 0.3) is 10.2 Å². The van der Waals surface area contributed by atoms with Crippen molar-refractivity contribution in [3.63, 3.8) is 0 Å². The molecule has 3 N–H and O–H groups in total. The van der Waals surface area contributed by atoms with Crippen LogP contribution in [-0.2, 0) is 10.2 Å². The number of nitrogens with one attached hydrogen (secondary N) is 2. The van der Waals surface area contributed by atoms with Gasteiger partial charge < -0.3 is 5.11 Å². The fourth-order valence-corrected chi connectivity index (χ4v) is 3.24. The van der Waals surface area contributed by atoms with Crippen LogP contribution in [0.2, 0.25) is 0 Å². The van der Waals surface area contributed by atoms with Crippen molar-refractivity contribution in [2.24, 2.45) is 11.3 Å². The molecule has 114 valence electrons. The van der Waals surface area contributed by atoms with Gasteiger partial charge in [0.2, 0.25) is 0 Å². The smallest absolute Gasteiger partial charge is 0.277 e. The second-order valence-electron chi connectivity index (χ2n) is 6.96. The SMILES string of the molecule is CC(C)CNS(=O)(=O)NCC1(O)CCC(C)(C)CC1. The Morgan fingerprint density at radius 1 is 1.11 bits per heavy atom. The highest BCUT2D eigenvalue weighted by Crippen LogP contribution is 2.39. The van der Waals surface area contributed by atoms with E-state index in [1.807, 2.05) is 13.8 Å². The zero-order valence-corrected chi connectivity index (χ0v) is 13.3. The Morgan fingerprint density at radius 3 is 2.11 bits per heavy atom. The summed E-state index contributed by atoms with van der Waals surface area (Å²) >= 11 is 0. The molecular formula is C13H28N2O3S. The monoisotopic (exact) mass is 292 g/mol. The molecule has 0 unspecified atom stereocenters. The lowest BCUT2D eigenvalue weighted by Crippen LogP contribution is -2.49. The van der Waals surface area contributed by atoms with Crippen molar-refractivity contribution in [3.05, 3.63) is 0 Å². The summed E-state index contributed by atoms with van der Waals surface area (Å²) < 4.78 is 28.4. The van der Waals surface area contributed by atoms with E-state index >= 15 is 0 Å². The van der Waals surface area contributed by atoms with Crippen LogP contribution in [0.15, 0.2) is 0 Å². The molecule has 0 aliphatic heterocycles. The quantitative estimate of drug-likeness (QED) is 0.692. The number of aliphatic hydroxyl groups is 1. The molecule has 1 saturated carbocycles. The van der Waals surface area contributed by atoms with Crippen LogP contribution in [-0.4, -0.2) is 32.2 Å². The van der Waals surface area contributed by atoms with E-state index in [1.165, 1.54) is 0 Å². The van der Waals surface area contributed by atoms with Crippen molar-refractivity contribution in [2.45, 2.75) is 59.0 Å². The molecule has 1 aliphatic rings. The van der Waals surface area contributed by atoms with E-state index in [0.29, 0.717) is 19.4 Å². The highest BCUT2D eigenvalue weighted by Gasteiger charge is 2.37. The van der Waals surface area contributed by atoms with Gasteiger partial charge in [0.05, 0.1) is 5.60 Å².